The first-order valence-corrected chi connectivity index (χ1v) is 9.34. The maximum Gasteiger partial charge on any atom is 0.256 e. The Morgan fingerprint density at radius 2 is 2.11 bits per heavy atom. The monoisotopic (exact) mass is 378 g/mol. The van der Waals surface area contributed by atoms with Crippen LogP contribution in [0.25, 0.3) is 0 Å². The quantitative estimate of drug-likeness (QED) is 0.729. The molecule has 1 fully saturated rings. The molecule has 0 saturated carbocycles. The molecular formula is C20H22N6O2. The molecule has 144 valence electrons. The van der Waals surface area contributed by atoms with Crippen molar-refractivity contribution >= 4 is 11.7 Å². The molecule has 1 amide bonds. The Kier molecular flexibility index (Phi) is 5.12. The summed E-state index contributed by atoms with van der Waals surface area (Å²) in [6.07, 6.45) is 2.13. The van der Waals surface area contributed by atoms with Gasteiger partial charge in [-0.3, -0.25) is 9.69 Å². The van der Waals surface area contributed by atoms with Gasteiger partial charge in [0.2, 0.25) is 0 Å². The number of nitrogens with zero attached hydrogens (tertiary/aromatic N) is 5. The smallest absolute Gasteiger partial charge is 0.256 e. The van der Waals surface area contributed by atoms with Gasteiger partial charge in [0.05, 0.1) is 11.7 Å². The number of likely N-dealkylation sites (tertiary alicyclic amines) is 1. The molecule has 0 spiro atoms. The van der Waals surface area contributed by atoms with Crippen molar-refractivity contribution in [3.63, 3.8) is 0 Å². The minimum Gasteiger partial charge on any atom is -0.305 e. The second-order valence-electron chi connectivity index (χ2n) is 7.08. The van der Waals surface area contributed by atoms with Crippen LogP contribution in [0, 0.1) is 13.8 Å². The van der Waals surface area contributed by atoms with E-state index in [1.165, 1.54) is 0 Å². The molecule has 4 rings (SSSR count). The second-order valence-corrected chi connectivity index (χ2v) is 7.08. The van der Waals surface area contributed by atoms with Crippen molar-refractivity contribution in [3.05, 3.63) is 64.6 Å². The average molecular weight is 378 g/mol. The molecule has 1 atom stereocenters. The van der Waals surface area contributed by atoms with Crippen LogP contribution in [0.4, 0.5) is 5.82 Å². The van der Waals surface area contributed by atoms with Crippen molar-refractivity contribution in [1.29, 1.82) is 0 Å². The Labute approximate surface area is 162 Å². The van der Waals surface area contributed by atoms with Gasteiger partial charge in [0.25, 0.3) is 5.91 Å². The second kappa shape index (κ2) is 7.85. The zero-order chi connectivity index (χ0) is 19.5. The van der Waals surface area contributed by atoms with Crippen LogP contribution in [0.3, 0.4) is 0 Å². The molecule has 1 saturated heterocycles. The van der Waals surface area contributed by atoms with Crippen molar-refractivity contribution in [1.82, 2.24) is 25.4 Å². The van der Waals surface area contributed by atoms with Crippen molar-refractivity contribution in [2.75, 3.05) is 11.9 Å². The third kappa shape index (κ3) is 3.91. The number of carbonyl (C=O) groups is 1. The van der Waals surface area contributed by atoms with E-state index < -0.39 is 0 Å². The summed E-state index contributed by atoms with van der Waals surface area (Å²) >= 11 is 0. The number of benzene rings is 1. The Balaban J connectivity index is 1.47. The van der Waals surface area contributed by atoms with Gasteiger partial charge in [-0.05, 0) is 63.1 Å². The Morgan fingerprint density at radius 3 is 2.86 bits per heavy atom. The van der Waals surface area contributed by atoms with E-state index in [1.807, 2.05) is 38.1 Å². The number of amides is 1. The molecule has 1 aromatic carbocycles. The molecule has 8 nitrogen and oxygen atoms in total. The Bertz CT molecular complexity index is 969. The Hall–Kier alpha value is -3.13. The molecule has 3 aromatic rings. The normalized spacial score (nSPS) is 17.0. The highest BCUT2D eigenvalue weighted by molar-refractivity contribution is 6.03. The molecule has 3 heterocycles. The van der Waals surface area contributed by atoms with E-state index in [1.54, 1.807) is 12.1 Å². The maximum atomic E-state index is 12.6. The summed E-state index contributed by atoms with van der Waals surface area (Å²) in [5.41, 5.74) is 4.21. The summed E-state index contributed by atoms with van der Waals surface area (Å²) < 4.78 is 4.88. The van der Waals surface area contributed by atoms with Gasteiger partial charge in [-0.25, -0.2) is 4.63 Å². The number of aromatic nitrogens is 4. The fourth-order valence-corrected chi connectivity index (χ4v) is 3.56. The lowest BCUT2D eigenvalue weighted by molar-refractivity contribution is 0.102. The largest absolute Gasteiger partial charge is 0.305 e. The number of rotatable bonds is 5. The highest BCUT2D eigenvalue weighted by Gasteiger charge is 2.30. The van der Waals surface area contributed by atoms with Gasteiger partial charge in [0, 0.05) is 12.1 Å². The van der Waals surface area contributed by atoms with Crippen LogP contribution in [0.1, 0.15) is 51.9 Å². The zero-order valence-corrected chi connectivity index (χ0v) is 15.9. The van der Waals surface area contributed by atoms with E-state index in [4.69, 9.17) is 4.63 Å². The minimum atomic E-state index is -0.200. The van der Waals surface area contributed by atoms with Gasteiger partial charge in [0.15, 0.2) is 5.82 Å². The van der Waals surface area contributed by atoms with E-state index >= 15 is 0 Å². The third-order valence-corrected chi connectivity index (χ3v) is 4.98. The van der Waals surface area contributed by atoms with Crippen LogP contribution in [-0.4, -0.2) is 37.9 Å². The van der Waals surface area contributed by atoms with Crippen LogP contribution in [0.2, 0.25) is 0 Å². The van der Waals surface area contributed by atoms with Gasteiger partial charge in [-0.15, -0.1) is 5.10 Å². The molecule has 0 unspecified atom stereocenters. The highest BCUT2D eigenvalue weighted by atomic mass is 16.6. The molecule has 1 N–H and O–H groups in total. The first-order valence-electron chi connectivity index (χ1n) is 9.34. The van der Waals surface area contributed by atoms with E-state index in [9.17, 15) is 4.79 Å². The first-order chi connectivity index (χ1) is 13.6. The summed E-state index contributed by atoms with van der Waals surface area (Å²) in [5.74, 6) is 0.240. The summed E-state index contributed by atoms with van der Waals surface area (Å²) in [7, 11) is 0. The molecule has 2 aromatic heterocycles. The summed E-state index contributed by atoms with van der Waals surface area (Å²) in [6, 6.07) is 11.4. The predicted molar refractivity (Wildman–Crippen MR) is 103 cm³/mol. The number of aryl methyl sites for hydroxylation is 2. The fraction of sp³-hybridized carbons (Fsp3) is 0.350. The minimum absolute atomic E-state index is 0.200. The van der Waals surface area contributed by atoms with Gasteiger partial charge < -0.3 is 5.32 Å². The first kappa shape index (κ1) is 18.2. The highest BCUT2D eigenvalue weighted by Crippen LogP contribution is 2.33. The number of hydrogen-bond acceptors (Lipinski definition) is 7. The number of carbonyl (C=O) groups excluding carboxylic acids is 1. The van der Waals surface area contributed by atoms with E-state index in [0.29, 0.717) is 11.4 Å². The lowest BCUT2D eigenvalue weighted by Gasteiger charge is -2.23. The van der Waals surface area contributed by atoms with Gasteiger partial charge >= 0.3 is 0 Å². The lowest BCUT2D eigenvalue weighted by atomic mass is 10.1. The summed E-state index contributed by atoms with van der Waals surface area (Å²) in [6.45, 7) is 5.49. The molecule has 8 heteroatoms. The van der Waals surface area contributed by atoms with Crippen LogP contribution in [0.15, 0.2) is 41.0 Å². The lowest BCUT2D eigenvalue weighted by Crippen LogP contribution is -2.24. The number of nitrogens with one attached hydrogen (secondary N) is 1. The van der Waals surface area contributed by atoms with E-state index in [-0.39, 0.29) is 11.9 Å². The fourth-order valence-electron chi connectivity index (χ4n) is 3.56. The molecule has 0 bridgehead atoms. The van der Waals surface area contributed by atoms with E-state index in [2.05, 4.69) is 30.7 Å². The van der Waals surface area contributed by atoms with Crippen LogP contribution in [0.5, 0.6) is 0 Å². The molecule has 1 aliphatic rings. The van der Waals surface area contributed by atoms with Crippen LogP contribution in [-0.2, 0) is 6.54 Å². The standard InChI is InChI=1S/C20H22N6O2/c1-13-8-9-18(23-22-13)21-20(27)16-6-3-5-15(11-16)12-26-10-4-7-17(26)19-14(2)24-28-25-19/h3,5-6,8-9,11,17H,4,7,10,12H2,1-2H3,(H,21,23,27)/t17-/m1/s1. The van der Waals surface area contributed by atoms with Crippen molar-refractivity contribution in [3.8, 4) is 0 Å². The predicted octanol–water partition coefficient (Wildman–Crippen LogP) is 3.07. The molecule has 0 radical (unpaired) electrons. The molecule has 0 aliphatic carbocycles. The number of hydrogen-bond donors (Lipinski definition) is 1. The average Bonchev–Trinajstić information content (AvgIpc) is 3.32. The number of anilines is 1. The van der Waals surface area contributed by atoms with Crippen molar-refractivity contribution in [2.45, 2.75) is 39.3 Å². The van der Waals surface area contributed by atoms with Crippen LogP contribution >= 0.6 is 0 Å². The van der Waals surface area contributed by atoms with Gasteiger partial charge in [0.1, 0.15) is 11.4 Å². The topological polar surface area (TPSA) is 97.0 Å². The van der Waals surface area contributed by atoms with E-state index in [0.717, 1.165) is 48.6 Å². The van der Waals surface area contributed by atoms with Crippen molar-refractivity contribution in [2.24, 2.45) is 0 Å². The van der Waals surface area contributed by atoms with Crippen molar-refractivity contribution < 1.29 is 9.42 Å². The molecule has 1 aliphatic heterocycles. The zero-order valence-electron chi connectivity index (χ0n) is 15.9. The SMILES string of the molecule is Cc1ccc(NC(=O)c2cccc(CN3CCC[C@@H]3c3nonc3C)c2)nn1. The third-order valence-electron chi connectivity index (χ3n) is 4.98. The maximum absolute atomic E-state index is 12.6. The summed E-state index contributed by atoms with van der Waals surface area (Å²) in [5, 5.41) is 18.7. The molecular weight excluding hydrogens is 356 g/mol. The Morgan fingerprint density at radius 1 is 1.21 bits per heavy atom. The molecule has 28 heavy (non-hydrogen) atoms. The van der Waals surface area contributed by atoms with Gasteiger partial charge in [-0.1, -0.05) is 22.4 Å². The summed E-state index contributed by atoms with van der Waals surface area (Å²) in [4.78, 5) is 14.9. The van der Waals surface area contributed by atoms with Crippen LogP contribution < -0.4 is 5.32 Å². The van der Waals surface area contributed by atoms with Gasteiger partial charge in [-0.2, -0.15) is 5.10 Å².